The number of anilines is 1. The summed E-state index contributed by atoms with van der Waals surface area (Å²) >= 11 is 3.51. The zero-order chi connectivity index (χ0) is 13.7. The number of pyridine rings is 1. The van der Waals surface area contributed by atoms with E-state index in [1.165, 1.54) is 12.8 Å². The third-order valence-electron chi connectivity index (χ3n) is 4.06. The van der Waals surface area contributed by atoms with E-state index in [1.54, 1.807) is 0 Å². The molecule has 6 heteroatoms. The molecule has 1 saturated heterocycles. The number of ether oxygens (including phenoxy) is 1. The minimum absolute atomic E-state index is 0.244. The molecule has 2 atom stereocenters. The van der Waals surface area contributed by atoms with Gasteiger partial charge in [0.1, 0.15) is 0 Å². The van der Waals surface area contributed by atoms with Gasteiger partial charge in [0.2, 0.25) is 5.95 Å². The first-order chi connectivity index (χ1) is 9.70. The van der Waals surface area contributed by atoms with Gasteiger partial charge in [-0.1, -0.05) is 0 Å². The molecule has 2 aromatic rings. The lowest BCUT2D eigenvalue weighted by atomic mass is 10.1. The van der Waals surface area contributed by atoms with E-state index in [0.29, 0.717) is 6.10 Å². The van der Waals surface area contributed by atoms with Gasteiger partial charge in [-0.05, 0) is 53.7 Å². The zero-order valence-corrected chi connectivity index (χ0v) is 13.0. The fourth-order valence-electron chi connectivity index (χ4n) is 2.95. The molecule has 0 spiro atoms. The Morgan fingerprint density at radius 3 is 2.90 bits per heavy atom. The van der Waals surface area contributed by atoms with E-state index >= 15 is 0 Å². The first kappa shape index (κ1) is 12.6. The molecule has 3 heterocycles. The Hall–Kier alpha value is -1.14. The average Bonchev–Trinajstić information content (AvgIpc) is 3.19. The van der Waals surface area contributed by atoms with Crippen molar-refractivity contribution in [1.82, 2.24) is 14.6 Å². The summed E-state index contributed by atoms with van der Waals surface area (Å²) in [5.74, 6) is 1.66. The largest absolute Gasteiger partial charge is 0.371 e. The highest BCUT2D eigenvalue weighted by atomic mass is 79.9. The van der Waals surface area contributed by atoms with Crippen molar-refractivity contribution >= 4 is 27.5 Å². The van der Waals surface area contributed by atoms with Crippen molar-refractivity contribution in [2.75, 3.05) is 18.0 Å². The summed E-state index contributed by atoms with van der Waals surface area (Å²) in [6, 6.07) is 3.96. The van der Waals surface area contributed by atoms with E-state index in [-0.39, 0.29) is 6.10 Å². The van der Waals surface area contributed by atoms with Crippen LogP contribution in [0.1, 0.15) is 19.8 Å². The topological polar surface area (TPSA) is 42.7 Å². The number of morpholine rings is 1. The Labute approximate surface area is 126 Å². The molecular formula is C14H17BrN4O. The summed E-state index contributed by atoms with van der Waals surface area (Å²) in [5.41, 5.74) is 0.880. The number of rotatable bonds is 2. The number of hydrogen-bond acceptors (Lipinski definition) is 4. The number of nitrogens with zero attached hydrogens (tertiary/aromatic N) is 4. The highest BCUT2D eigenvalue weighted by molar-refractivity contribution is 9.10. The van der Waals surface area contributed by atoms with Crippen molar-refractivity contribution in [1.29, 1.82) is 0 Å². The van der Waals surface area contributed by atoms with Crippen LogP contribution in [-0.2, 0) is 4.74 Å². The first-order valence-electron chi connectivity index (χ1n) is 7.11. The third-order valence-corrected chi connectivity index (χ3v) is 4.53. The van der Waals surface area contributed by atoms with Crippen LogP contribution in [0.2, 0.25) is 0 Å². The molecule has 20 heavy (non-hydrogen) atoms. The van der Waals surface area contributed by atoms with Crippen LogP contribution >= 0.6 is 15.9 Å². The third kappa shape index (κ3) is 2.20. The standard InChI is InChI=1S/C14H17BrN4O/c1-9-6-18(8-12(20-9)10-2-3-10)14-17-16-13-5-4-11(15)7-19(13)14/h4-5,7,9-10,12H,2-3,6,8H2,1H3/t9-,12-/m1/s1. The van der Waals surface area contributed by atoms with Gasteiger partial charge in [0.15, 0.2) is 5.65 Å². The van der Waals surface area contributed by atoms with E-state index in [1.807, 2.05) is 22.7 Å². The molecule has 5 nitrogen and oxygen atoms in total. The monoisotopic (exact) mass is 336 g/mol. The number of halogens is 1. The SMILES string of the molecule is C[C@@H]1CN(c2nnc3ccc(Br)cn23)C[C@H](C2CC2)O1. The Morgan fingerprint density at radius 2 is 2.10 bits per heavy atom. The van der Waals surface area contributed by atoms with Crippen molar-refractivity contribution in [2.45, 2.75) is 32.0 Å². The minimum Gasteiger partial charge on any atom is -0.371 e. The maximum Gasteiger partial charge on any atom is 0.231 e. The number of fused-ring (bicyclic) bond motifs is 1. The predicted molar refractivity (Wildman–Crippen MR) is 80.0 cm³/mol. The number of aromatic nitrogens is 3. The van der Waals surface area contributed by atoms with Crippen LogP contribution in [-0.4, -0.2) is 39.9 Å². The quantitative estimate of drug-likeness (QED) is 0.845. The van der Waals surface area contributed by atoms with Crippen LogP contribution in [0.4, 0.5) is 5.95 Å². The Bertz CT molecular complexity index is 639. The summed E-state index contributed by atoms with van der Waals surface area (Å²) in [5, 5.41) is 8.63. The summed E-state index contributed by atoms with van der Waals surface area (Å²) in [7, 11) is 0. The van der Waals surface area contributed by atoms with Gasteiger partial charge in [0.05, 0.1) is 12.2 Å². The van der Waals surface area contributed by atoms with Crippen LogP contribution in [0.3, 0.4) is 0 Å². The second-order valence-electron chi connectivity index (χ2n) is 5.80. The molecule has 2 fully saturated rings. The lowest BCUT2D eigenvalue weighted by molar-refractivity contribution is -0.0276. The van der Waals surface area contributed by atoms with Crippen LogP contribution in [0.5, 0.6) is 0 Å². The maximum atomic E-state index is 6.07. The summed E-state index contributed by atoms with van der Waals surface area (Å²) < 4.78 is 9.15. The second-order valence-corrected chi connectivity index (χ2v) is 6.72. The molecule has 1 aliphatic carbocycles. The molecule has 0 aromatic carbocycles. The highest BCUT2D eigenvalue weighted by Crippen LogP contribution is 2.37. The first-order valence-corrected chi connectivity index (χ1v) is 7.91. The van der Waals surface area contributed by atoms with E-state index in [9.17, 15) is 0 Å². The molecular weight excluding hydrogens is 320 g/mol. The van der Waals surface area contributed by atoms with Crippen molar-refractivity contribution in [3.05, 3.63) is 22.8 Å². The van der Waals surface area contributed by atoms with Gasteiger partial charge in [-0.15, -0.1) is 10.2 Å². The van der Waals surface area contributed by atoms with Gasteiger partial charge in [0, 0.05) is 23.8 Å². The molecule has 106 valence electrons. The van der Waals surface area contributed by atoms with Gasteiger partial charge in [0.25, 0.3) is 0 Å². The molecule has 0 radical (unpaired) electrons. The lowest BCUT2D eigenvalue weighted by Gasteiger charge is -2.37. The summed E-state index contributed by atoms with van der Waals surface area (Å²) in [6.45, 7) is 3.93. The molecule has 0 bridgehead atoms. The second kappa shape index (κ2) is 4.70. The van der Waals surface area contributed by atoms with Crippen LogP contribution < -0.4 is 4.90 Å². The normalized spacial score (nSPS) is 27.2. The van der Waals surface area contributed by atoms with Crippen LogP contribution in [0.25, 0.3) is 5.65 Å². The Kier molecular flexibility index (Phi) is 2.96. The van der Waals surface area contributed by atoms with Crippen LogP contribution in [0, 0.1) is 5.92 Å². The predicted octanol–water partition coefficient (Wildman–Crippen LogP) is 2.50. The highest BCUT2D eigenvalue weighted by Gasteiger charge is 2.38. The van der Waals surface area contributed by atoms with E-state index in [0.717, 1.165) is 35.1 Å². The van der Waals surface area contributed by atoms with Crippen molar-refractivity contribution in [2.24, 2.45) is 5.92 Å². The number of hydrogen-bond donors (Lipinski definition) is 0. The van der Waals surface area contributed by atoms with Gasteiger partial charge >= 0.3 is 0 Å². The molecule has 0 N–H and O–H groups in total. The van der Waals surface area contributed by atoms with Crippen molar-refractivity contribution < 1.29 is 4.74 Å². The van der Waals surface area contributed by atoms with Gasteiger partial charge in [-0.25, -0.2) is 0 Å². The van der Waals surface area contributed by atoms with E-state index in [4.69, 9.17) is 4.74 Å². The zero-order valence-electron chi connectivity index (χ0n) is 11.4. The average molecular weight is 337 g/mol. The van der Waals surface area contributed by atoms with Gasteiger partial charge in [-0.3, -0.25) is 4.40 Å². The Morgan fingerprint density at radius 1 is 1.25 bits per heavy atom. The minimum atomic E-state index is 0.244. The summed E-state index contributed by atoms with van der Waals surface area (Å²) in [6.07, 6.45) is 5.22. The van der Waals surface area contributed by atoms with E-state index < -0.39 is 0 Å². The fourth-order valence-corrected chi connectivity index (χ4v) is 3.28. The van der Waals surface area contributed by atoms with E-state index in [2.05, 4.69) is 38.0 Å². The van der Waals surface area contributed by atoms with Crippen molar-refractivity contribution in [3.8, 4) is 0 Å². The molecule has 4 rings (SSSR count). The molecule has 0 amide bonds. The molecule has 1 aliphatic heterocycles. The summed E-state index contributed by atoms with van der Waals surface area (Å²) in [4.78, 5) is 2.31. The maximum absolute atomic E-state index is 6.07. The Balaban J connectivity index is 1.68. The van der Waals surface area contributed by atoms with Crippen molar-refractivity contribution in [3.63, 3.8) is 0 Å². The molecule has 0 unspecified atom stereocenters. The smallest absolute Gasteiger partial charge is 0.231 e. The molecule has 1 saturated carbocycles. The molecule has 2 aliphatic rings. The lowest BCUT2D eigenvalue weighted by Crippen LogP contribution is -2.48. The van der Waals surface area contributed by atoms with Crippen LogP contribution in [0.15, 0.2) is 22.8 Å². The van der Waals surface area contributed by atoms with Gasteiger partial charge in [-0.2, -0.15) is 0 Å². The van der Waals surface area contributed by atoms with Gasteiger partial charge < -0.3 is 9.64 Å². The fraction of sp³-hybridized carbons (Fsp3) is 0.571. The molecule has 2 aromatic heterocycles.